The zero-order valence-electron chi connectivity index (χ0n) is 19.1. The van der Waals surface area contributed by atoms with Crippen LogP contribution in [0.4, 0.5) is 5.69 Å². The largest absolute Gasteiger partial charge is 0.481 e. The minimum absolute atomic E-state index is 0.0570. The molecule has 0 spiro atoms. The molecule has 0 saturated heterocycles. The van der Waals surface area contributed by atoms with E-state index in [4.69, 9.17) is 5.11 Å². The Morgan fingerprint density at radius 3 is 1.56 bits per heavy atom. The number of rotatable bonds is 11. The summed E-state index contributed by atoms with van der Waals surface area (Å²) in [6.07, 6.45) is 2.07. The highest BCUT2D eigenvalue weighted by atomic mass is 32.2. The Morgan fingerprint density at radius 2 is 1.09 bits per heavy atom. The van der Waals surface area contributed by atoms with Crippen LogP contribution in [0.25, 0.3) is 0 Å². The van der Waals surface area contributed by atoms with Crippen LogP contribution in [0.1, 0.15) is 16.7 Å². The van der Waals surface area contributed by atoms with Gasteiger partial charge in [-0.05, 0) is 65.9 Å². The maximum Gasteiger partial charge on any atom is 0.307 e. The van der Waals surface area contributed by atoms with Gasteiger partial charge in [0.05, 0.1) is 6.42 Å². The van der Waals surface area contributed by atoms with Gasteiger partial charge in [-0.3, -0.25) is 4.79 Å². The molecule has 0 aliphatic rings. The zero-order chi connectivity index (χ0) is 23.6. The highest BCUT2D eigenvalue weighted by Crippen LogP contribution is 2.29. The third kappa shape index (κ3) is 7.26. The number of anilines is 1. The predicted octanol–water partition coefficient (Wildman–Crippen LogP) is 6.76. The molecule has 0 bridgehead atoms. The van der Waals surface area contributed by atoms with Gasteiger partial charge in [-0.2, -0.15) is 0 Å². The maximum atomic E-state index is 10.9. The van der Waals surface area contributed by atoms with Gasteiger partial charge >= 0.3 is 5.97 Å². The van der Waals surface area contributed by atoms with Crippen molar-refractivity contribution in [2.24, 2.45) is 0 Å². The Bertz CT molecular complexity index is 1120. The molecule has 0 fully saturated rings. The van der Waals surface area contributed by atoms with Gasteiger partial charge in [0.1, 0.15) is 0 Å². The summed E-state index contributed by atoms with van der Waals surface area (Å²) in [5, 5.41) is 8.94. The molecule has 3 nitrogen and oxygen atoms in total. The molecule has 4 rings (SSSR count). The number of carbonyl (C=O) groups is 1. The highest BCUT2D eigenvalue weighted by Gasteiger charge is 2.09. The Morgan fingerprint density at radius 1 is 0.618 bits per heavy atom. The van der Waals surface area contributed by atoms with Gasteiger partial charge < -0.3 is 10.0 Å². The fourth-order valence-electron chi connectivity index (χ4n) is 3.90. The van der Waals surface area contributed by atoms with Crippen molar-refractivity contribution in [1.82, 2.24) is 0 Å². The first-order valence-corrected chi connectivity index (χ1v) is 12.4. The van der Waals surface area contributed by atoms with Crippen molar-refractivity contribution in [2.75, 3.05) is 18.0 Å². The van der Waals surface area contributed by atoms with Gasteiger partial charge in [0.2, 0.25) is 0 Å². The van der Waals surface area contributed by atoms with Crippen molar-refractivity contribution < 1.29 is 9.90 Å². The van der Waals surface area contributed by atoms with Crippen molar-refractivity contribution in [3.63, 3.8) is 0 Å². The smallest absolute Gasteiger partial charge is 0.307 e. The van der Waals surface area contributed by atoms with Crippen LogP contribution in [-0.2, 0) is 24.1 Å². The quantitative estimate of drug-likeness (QED) is 0.265. The number of hydrogen-bond acceptors (Lipinski definition) is 3. The Labute approximate surface area is 206 Å². The first kappa shape index (κ1) is 23.7. The van der Waals surface area contributed by atoms with E-state index in [1.165, 1.54) is 21.7 Å². The third-order valence-corrected chi connectivity index (χ3v) is 6.76. The number of nitrogens with zero attached hydrogens (tertiary/aromatic N) is 1. The SMILES string of the molecule is O=C(O)Cc1ccc(Sc2ccc(N(CCc3ccccc3)CCc3ccccc3)cc2)cc1. The standard InChI is InChI=1S/C30H29NO2S/c32-30(33)23-26-11-15-28(16-12-26)34-29-17-13-27(14-18-29)31(21-19-24-7-3-1-4-8-24)22-20-25-9-5-2-6-10-25/h1-18H,19-23H2,(H,32,33). The lowest BCUT2D eigenvalue weighted by Crippen LogP contribution is -2.28. The van der Waals surface area contributed by atoms with E-state index in [2.05, 4.69) is 89.8 Å². The van der Waals surface area contributed by atoms with E-state index >= 15 is 0 Å². The molecule has 0 radical (unpaired) electrons. The maximum absolute atomic E-state index is 10.9. The van der Waals surface area contributed by atoms with Gasteiger partial charge in [-0.25, -0.2) is 0 Å². The van der Waals surface area contributed by atoms with Crippen LogP contribution in [0.2, 0.25) is 0 Å². The van der Waals surface area contributed by atoms with Crippen molar-refractivity contribution in [1.29, 1.82) is 0 Å². The van der Waals surface area contributed by atoms with E-state index in [0.717, 1.165) is 36.4 Å². The molecule has 0 saturated carbocycles. The fraction of sp³-hybridized carbons (Fsp3) is 0.167. The molecule has 0 aliphatic heterocycles. The van der Waals surface area contributed by atoms with Gasteiger partial charge in [-0.15, -0.1) is 0 Å². The first-order chi connectivity index (χ1) is 16.7. The van der Waals surface area contributed by atoms with E-state index in [1.807, 2.05) is 24.3 Å². The third-order valence-electron chi connectivity index (χ3n) is 5.74. The van der Waals surface area contributed by atoms with Gasteiger partial charge in [0.15, 0.2) is 0 Å². The summed E-state index contributed by atoms with van der Waals surface area (Å²) in [5.41, 5.74) is 4.75. The lowest BCUT2D eigenvalue weighted by Gasteiger charge is -2.25. The topological polar surface area (TPSA) is 40.5 Å². The Balaban J connectivity index is 1.42. The van der Waals surface area contributed by atoms with Crippen LogP contribution in [0.3, 0.4) is 0 Å². The van der Waals surface area contributed by atoms with Gasteiger partial charge in [0, 0.05) is 28.6 Å². The molecule has 0 aromatic heterocycles. The minimum Gasteiger partial charge on any atom is -0.481 e. The summed E-state index contributed by atoms with van der Waals surface area (Å²) in [6.45, 7) is 1.93. The van der Waals surface area contributed by atoms with E-state index < -0.39 is 5.97 Å². The molecular formula is C30H29NO2S. The van der Waals surface area contributed by atoms with Crippen LogP contribution in [0, 0.1) is 0 Å². The molecule has 0 heterocycles. The zero-order valence-corrected chi connectivity index (χ0v) is 20.0. The highest BCUT2D eigenvalue weighted by molar-refractivity contribution is 7.99. The second-order valence-corrected chi connectivity index (χ2v) is 9.42. The monoisotopic (exact) mass is 467 g/mol. The Hall–Kier alpha value is -3.50. The number of aliphatic carboxylic acids is 1. The molecule has 0 atom stereocenters. The molecule has 34 heavy (non-hydrogen) atoms. The summed E-state index contributed by atoms with van der Waals surface area (Å²) in [6, 6.07) is 37.8. The summed E-state index contributed by atoms with van der Waals surface area (Å²) < 4.78 is 0. The number of benzene rings is 4. The van der Waals surface area contributed by atoms with Crippen LogP contribution < -0.4 is 4.90 Å². The van der Waals surface area contributed by atoms with Crippen LogP contribution in [0.5, 0.6) is 0 Å². The average Bonchev–Trinajstić information content (AvgIpc) is 2.87. The second kappa shape index (κ2) is 12.1. The van der Waals surface area contributed by atoms with Crippen molar-refractivity contribution in [3.05, 3.63) is 126 Å². The first-order valence-electron chi connectivity index (χ1n) is 11.6. The molecule has 0 unspecified atom stereocenters. The molecule has 0 amide bonds. The normalized spacial score (nSPS) is 10.7. The molecule has 172 valence electrons. The van der Waals surface area contributed by atoms with E-state index in [-0.39, 0.29) is 6.42 Å². The lowest BCUT2D eigenvalue weighted by atomic mass is 10.1. The molecule has 4 aromatic carbocycles. The second-order valence-electron chi connectivity index (χ2n) is 8.27. The number of carboxylic acids is 1. The van der Waals surface area contributed by atoms with Crippen LogP contribution in [0.15, 0.2) is 119 Å². The summed E-state index contributed by atoms with van der Waals surface area (Å²) in [7, 11) is 0. The van der Waals surface area contributed by atoms with Gasteiger partial charge in [0.25, 0.3) is 0 Å². The summed E-state index contributed by atoms with van der Waals surface area (Å²) >= 11 is 1.69. The minimum atomic E-state index is -0.805. The molecule has 4 heteroatoms. The molecular weight excluding hydrogens is 438 g/mol. The molecule has 1 N–H and O–H groups in total. The average molecular weight is 468 g/mol. The van der Waals surface area contributed by atoms with Gasteiger partial charge in [-0.1, -0.05) is 84.6 Å². The van der Waals surface area contributed by atoms with Crippen LogP contribution >= 0.6 is 11.8 Å². The Kier molecular flexibility index (Phi) is 8.42. The van der Waals surface area contributed by atoms with Crippen LogP contribution in [-0.4, -0.2) is 24.2 Å². The van der Waals surface area contributed by atoms with E-state index in [0.29, 0.717) is 0 Å². The fourth-order valence-corrected chi connectivity index (χ4v) is 4.72. The summed E-state index contributed by atoms with van der Waals surface area (Å²) in [5.74, 6) is -0.805. The van der Waals surface area contributed by atoms with E-state index in [1.54, 1.807) is 11.8 Å². The number of hydrogen-bond donors (Lipinski definition) is 1. The van der Waals surface area contributed by atoms with E-state index in [9.17, 15) is 4.79 Å². The lowest BCUT2D eigenvalue weighted by molar-refractivity contribution is -0.136. The van der Waals surface area contributed by atoms with Crippen molar-refractivity contribution in [2.45, 2.75) is 29.1 Å². The predicted molar refractivity (Wildman–Crippen MR) is 141 cm³/mol. The molecule has 4 aromatic rings. The number of carboxylic acid groups (broad SMARTS) is 1. The molecule has 0 aliphatic carbocycles. The van der Waals surface area contributed by atoms with Crippen molar-refractivity contribution >= 4 is 23.4 Å². The van der Waals surface area contributed by atoms with Crippen molar-refractivity contribution in [3.8, 4) is 0 Å². The summed E-state index contributed by atoms with van der Waals surface area (Å²) in [4.78, 5) is 15.6.